The summed E-state index contributed by atoms with van der Waals surface area (Å²) in [6.45, 7) is 6.71. The number of β-amino-alcohol motifs (C(OH)–C–C–N with tert-alkyl or cyclic N) is 1. The monoisotopic (exact) mass is 220 g/mol. The second-order valence-electron chi connectivity index (χ2n) is 5.18. The van der Waals surface area contributed by atoms with Gasteiger partial charge in [-0.05, 0) is 44.4 Å². The van der Waals surface area contributed by atoms with Crippen LogP contribution in [0.15, 0.2) is 18.5 Å². The molecule has 0 saturated carbocycles. The summed E-state index contributed by atoms with van der Waals surface area (Å²) < 4.78 is 0. The molecule has 1 saturated heterocycles. The van der Waals surface area contributed by atoms with E-state index in [-0.39, 0.29) is 0 Å². The summed E-state index contributed by atoms with van der Waals surface area (Å²) in [5.74, 6) is 0. The van der Waals surface area contributed by atoms with E-state index in [4.69, 9.17) is 0 Å². The number of aromatic nitrogens is 1. The fraction of sp³-hybridized carbons (Fsp3) is 0.615. The van der Waals surface area contributed by atoms with Crippen LogP contribution in [0.4, 0.5) is 0 Å². The Balaban J connectivity index is 1.99. The zero-order valence-corrected chi connectivity index (χ0v) is 10.1. The fourth-order valence-corrected chi connectivity index (χ4v) is 2.42. The highest BCUT2D eigenvalue weighted by Crippen LogP contribution is 2.21. The van der Waals surface area contributed by atoms with Crippen LogP contribution in [0.3, 0.4) is 0 Å². The molecular weight excluding hydrogens is 200 g/mol. The third kappa shape index (κ3) is 3.03. The van der Waals surface area contributed by atoms with Gasteiger partial charge in [0.1, 0.15) is 0 Å². The molecule has 1 aromatic rings. The molecule has 2 heterocycles. The lowest BCUT2D eigenvalue weighted by molar-refractivity contribution is -0.0181. The zero-order chi connectivity index (χ0) is 11.6. The van der Waals surface area contributed by atoms with Gasteiger partial charge in [0, 0.05) is 25.5 Å². The van der Waals surface area contributed by atoms with E-state index in [9.17, 15) is 5.11 Å². The molecule has 88 valence electrons. The normalized spacial score (nSPS) is 26.9. The van der Waals surface area contributed by atoms with Gasteiger partial charge in [-0.15, -0.1) is 0 Å². The molecule has 0 radical (unpaired) electrons. The standard InChI is InChI=1S/C13H20N2O/c1-11-6-12(8-14-7-11)9-15-5-3-4-13(2,16)10-15/h6-8,16H,3-5,9-10H2,1-2H3. The molecule has 1 aliphatic heterocycles. The summed E-state index contributed by atoms with van der Waals surface area (Å²) in [6.07, 6.45) is 5.77. The third-order valence-corrected chi connectivity index (χ3v) is 3.09. The Labute approximate surface area is 97.1 Å². The summed E-state index contributed by atoms with van der Waals surface area (Å²) in [4.78, 5) is 6.50. The summed E-state index contributed by atoms with van der Waals surface area (Å²) in [7, 11) is 0. The van der Waals surface area contributed by atoms with E-state index in [2.05, 4.69) is 22.9 Å². The van der Waals surface area contributed by atoms with Crippen LogP contribution in [0.25, 0.3) is 0 Å². The summed E-state index contributed by atoms with van der Waals surface area (Å²) in [5.41, 5.74) is 1.91. The number of piperidine rings is 1. The third-order valence-electron chi connectivity index (χ3n) is 3.09. The van der Waals surface area contributed by atoms with Gasteiger partial charge in [-0.25, -0.2) is 0 Å². The minimum Gasteiger partial charge on any atom is -0.389 e. The maximum atomic E-state index is 10.0. The van der Waals surface area contributed by atoms with Crippen molar-refractivity contribution in [3.8, 4) is 0 Å². The Morgan fingerprint density at radius 3 is 3.00 bits per heavy atom. The quantitative estimate of drug-likeness (QED) is 0.824. The second kappa shape index (κ2) is 4.52. The highest BCUT2D eigenvalue weighted by atomic mass is 16.3. The summed E-state index contributed by atoms with van der Waals surface area (Å²) in [5, 5.41) is 10.0. The van der Waals surface area contributed by atoms with Gasteiger partial charge < -0.3 is 5.11 Å². The predicted molar refractivity (Wildman–Crippen MR) is 64.1 cm³/mol. The smallest absolute Gasteiger partial charge is 0.0746 e. The molecule has 0 spiro atoms. The number of hydrogen-bond donors (Lipinski definition) is 1. The van der Waals surface area contributed by atoms with Crippen LogP contribution in [-0.2, 0) is 6.54 Å². The Hall–Kier alpha value is -0.930. The van der Waals surface area contributed by atoms with Gasteiger partial charge in [-0.1, -0.05) is 6.07 Å². The first-order valence-corrected chi connectivity index (χ1v) is 5.90. The lowest BCUT2D eigenvalue weighted by Crippen LogP contribution is -2.45. The number of likely N-dealkylation sites (tertiary alicyclic amines) is 1. The minimum atomic E-state index is -0.518. The molecule has 1 aliphatic rings. The number of hydrogen-bond acceptors (Lipinski definition) is 3. The van der Waals surface area contributed by atoms with E-state index in [1.807, 2.05) is 19.3 Å². The van der Waals surface area contributed by atoms with E-state index < -0.39 is 5.60 Å². The van der Waals surface area contributed by atoms with Crippen LogP contribution in [-0.4, -0.2) is 33.7 Å². The molecule has 1 fully saturated rings. The molecule has 0 amide bonds. The lowest BCUT2D eigenvalue weighted by Gasteiger charge is -2.36. The van der Waals surface area contributed by atoms with Gasteiger partial charge in [-0.3, -0.25) is 9.88 Å². The molecule has 16 heavy (non-hydrogen) atoms. The number of pyridine rings is 1. The average molecular weight is 220 g/mol. The largest absolute Gasteiger partial charge is 0.389 e. The van der Waals surface area contributed by atoms with Gasteiger partial charge in [0.05, 0.1) is 5.60 Å². The second-order valence-corrected chi connectivity index (χ2v) is 5.18. The number of aryl methyl sites for hydroxylation is 1. The molecule has 0 bridgehead atoms. The van der Waals surface area contributed by atoms with E-state index in [1.165, 1.54) is 11.1 Å². The SMILES string of the molecule is Cc1cncc(CN2CCCC(C)(O)C2)c1. The molecule has 3 nitrogen and oxygen atoms in total. The predicted octanol–water partition coefficient (Wildman–Crippen LogP) is 1.74. The maximum Gasteiger partial charge on any atom is 0.0746 e. The number of nitrogens with zero attached hydrogens (tertiary/aromatic N) is 2. The topological polar surface area (TPSA) is 36.4 Å². The van der Waals surface area contributed by atoms with Crippen LogP contribution in [0, 0.1) is 6.92 Å². The Kier molecular flexibility index (Phi) is 3.26. The van der Waals surface area contributed by atoms with E-state index in [1.54, 1.807) is 0 Å². The number of aliphatic hydroxyl groups is 1. The Bertz CT molecular complexity index is 363. The van der Waals surface area contributed by atoms with Gasteiger partial charge in [0.25, 0.3) is 0 Å². The van der Waals surface area contributed by atoms with Crippen LogP contribution in [0.1, 0.15) is 30.9 Å². The highest BCUT2D eigenvalue weighted by Gasteiger charge is 2.28. The first-order chi connectivity index (χ1) is 7.55. The van der Waals surface area contributed by atoms with Crippen molar-refractivity contribution in [2.45, 2.75) is 38.8 Å². The van der Waals surface area contributed by atoms with Crippen molar-refractivity contribution in [2.75, 3.05) is 13.1 Å². The van der Waals surface area contributed by atoms with E-state index in [0.717, 1.165) is 32.5 Å². The average Bonchev–Trinajstić information content (AvgIpc) is 2.15. The van der Waals surface area contributed by atoms with Crippen molar-refractivity contribution in [1.29, 1.82) is 0 Å². The molecule has 0 aromatic carbocycles. The molecule has 1 aromatic heterocycles. The van der Waals surface area contributed by atoms with Crippen LogP contribution in [0.2, 0.25) is 0 Å². The molecule has 0 aliphatic carbocycles. The van der Waals surface area contributed by atoms with E-state index in [0.29, 0.717) is 0 Å². The van der Waals surface area contributed by atoms with Crippen molar-refractivity contribution in [2.24, 2.45) is 0 Å². The molecule has 1 unspecified atom stereocenters. The Morgan fingerprint density at radius 2 is 2.31 bits per heavy atom. The van der Waals surface area contributed by atoms with Crippen LogP contribution >= 0.6 is 0 Å². The summed E-state index contributed by atoms with van der Waals surface area (Å²) >= 11 is 0. The molecular formula is C13H20N2O. The lowest BCUT2D eigenvalue weighted by atomic mass is 9.95. The minimum absolute atomic E-state index is 0.518. The molecule has 2 rings (SSSR count). The van der Waals surface area contributed by atoms with Gasteiger partial charge >= 0.3 is 0 Å². The molecule has 3 heteroatoms. The van der Waals surface area contributed by atoms with Gasteiger partial charge in [-0.2, -0.15) is 0 Å². The molecule has 1 N–H and O–H groups in total. The zero-order valence-electron chi connectivity index (χ0n) is 10.1. The van der Waals surface area contributed by atoms with Crippen LogP contribution in [0.5, 0.6) is 0 Å². The van der Waals surface area contributed by atoms with Gasteiger partial charge in [0.15, 0.2) is 0 Å². The van der Waals surface area contributed by atoms with Gasteiger partial charge in [0.2, 0.25) is 0 Å². The van der Waals surface area contributed by atoms with Crippen molar-refractivity contribution >= 4 is 0 Å². The van der Waals surface area contributed by atoms with Crippen molar-refractivity contribution in [3.05, 3.63) is 29.6 Å². The Morgan fingerprint density at radius 1 is 1.50 bits per heavy atom. The first kappa shape index (κ1) is 11.6. The fourth-order valence-electron chi connectivity index (χ4n) is 2.42. The van der Waals surface area contributed by atoms with Crippen molar-refractivity contribution < 1.29 is 5.11 Å². The van der Waals surface area contributed by atoms with Crippen LogP contribution < -0.4 is 0 Å². The van der Waals surface area contributed by atoms with E-state index >= 15 is 0 Å². The summed E-state index contributed by atoms with van der Waals surface area (Å²) in [6, 6.07) is 2.16. The number of rotatable bonds is 2. The highest BCUT2D eigenvalue weighted by molar-refractivity contribution is 5.16. The first-order valence-electron chi connectivity index (χ1n) is 5.90. The maximum absolute atomic E-state index is 10.0. The van der Waals surface area contributed by atoms with Crippen molar-refractivity contribution in [3.63, 3.8) is 0 Å². The van der Waals surface area contributed by atoms with Crippen molar-refractivity contribution in [1.82, 2.24) is 9.88 Å². The molecule has 1 atom stereocenters.